The van der Waals surface area contributed by atoms with E-state index in [4.69, 9.17) is 18.9 Å². The van der Waals surface area contributed by atoms with Crippen LogP contribution in [0.15, 0.2) is 47.6 Å². The van der Waals surface area contributed by atoms with Crippen LogP contribution in [0.3, 0.4) is 0 Å². The monoisotopic (exact) mass is 372 g/mol. The zero-order chi connectivity index (χ0) is 19.6. The minimum atomic E-state index is -0.367. The van der Waals surface area contributed by atoms with Crippen molar-refractivity contribution in [3.8, 4) is 23.0 Å². The number of rotatable bonds is 9. The topological polar surface area (TPSA) is 78.4 Å². The molecular formula is C20H24N2O5. The second-order valence-electron chi connectivity index (χ2n) is 5.83. The molecule has 0 saturated carbocycles. The van der Waals surface area contributed by atoms with Crippen LogP contribution in [0.2, 0.25) is 0 Å². The molecule has 0 unspecified atom stereocenters. The SMILES string of the molecule is COc1ccc(OCC(=O)N/N=C/c2ccc(OC(C)C)c(OC)c2)cc1. The van der Waals surface area contributed by atoms with Gasteiger partial charge in [0.1, 0.15) is 11.5 Å². The fourth-order valence-corrected chi connectivity index (χ4v) is 2.15. The number of benzene rings is 2. The van der Waals surface area contributed by atoms with Gasteiger partial charge in [-0.2, -0.15) is 5.10 Å². The van der Waals surface area contributed by atoms with E-state index in [9.17, 15) is 4.79 Å². The van der Waals surface area contributed by atoms with E-state index in [2.05, 4.69) is 10.5 Å². The summed E-state index contributed by atoms with van der Waals surface area (Å²) in [6, 6.07) is 12.4. The number of amides is 1. The van der Waals surface area contributed by atoms with Gasteiger partial charge in [0.05, 0.1) is 26.5 Å². The highest BCUT2D eigenvalue weighted by Crippen LogP contribution is 2.28. The molecule has 0 aromatic heterocycles. The summed E-state index contributed by atoms with van der Waals surface area (Å²) in [4.78, 5) is 11.8. The zero-order valence-electron chi connectivity index (χ0n) is 15.9. The summed E-state index contributed by atoms with van der Waals surface area (Å²) in [5.74, 6) is 2.18. The Morgan fingerprint density at radius 1 is 1.04 bits per heavy atom. The normalized spacial score (nSPS) is 10.7. The minimum absolute atomic E-state index is 0.0448. The molecule has 2 rings (SSSR count). The standard InChI is InChI=1S/C20H24N2O5/c1-14(2)27-18-10-5-15(11-19(18)25-4)12-21-22-20(23)13-26-17-8-6-16(24-3)7-9-17/h5-12,14H,13H2,1-4H3,(H,22,23)/b21-12+. The van der Waals surface area contributed by atoms with E-state index in [1.807, 2.05) is 19.9 Å². The molecule has 0 bridgehead atoms. The molecule has 0 aliphatic rings. The second kappa shape index (κ2) is 10.1. The number of methoxy groups -OCH3 is 2. The fraction of sp³-hybridized carbons (Fsp3) is 0.300. The molecule has 0 aliphatic carbocycles. The highest BCUT2D eigenvalue weighted by atomic mass is 16.5. The summed E-state index contributed by atoms with van der Waals surface area (Å²) in [6.45, 7) is 3.74. The lowest BCUT2D eigenvalue weighted by Gasteiger charge is -2.13. The average Bonchev–Trinajstić information content (AvgIpc) is 2.67. The molecule has 2 aromatic rings. The van der Waals surface area contributed by atoms with Gasteiger partial charge in [0.2, 0.25) is 0 Å². The van der Waals surface area contributed by atoms with Gasteiger partial charge in [-0.1, -0.05) is 0 Å². The van der Waals surface area contributed by atoms with Crippen molar-refractivity contribution in [1.82, 2.24) is 5.43 Å². The quantitative estimate of drug-likeness (QED) is 0.541. The van der Waals surface area contributed by atoms with E-state index < -0.39 is 0 Å². The van der Waals surface area contributed by atoms with Crippen LogP contribution >= 0.6 is 0 Å². The smallest absolute Gasteiger partial charge is 0.277 e. The maximum absolute atomic E-state index is 11.8. The molecule has 1 N–H and O–H groups in total. The Hall–Kier alpha value is -3.22. The van der Waals surface area contributed by atoms with Gasteiger partial charge >= 0.3 is 0 Å². The van der Waals surface area contributed by atoms with Crippen molar-refractivity contribution in [2.75, 3.05) is 20.8 Å². The first-order chi connectivity index (χ1) is 13.0. The minimum Gasteiger partial charge on any atom is -0.497 e. The van der Waals surface area contributed by atoms with Gasteiger partial charge in [-0.25, -0.2) is 5.43 Å². The zero-order valence-corrected chi connectivity index (χ0v) is 15.9. The first-order valence-corrected chi connectivity index (χ1v) is 8.45. The molecule has 27 heavy (non-hydrogen) atoms. The molecule has 7 nitrogen and oxygen atoms in total. The number of hydrogen-bond donors (Lipinski definition) is 1. The average molecular weight is 372 g/mol. The van der Waals surface area contributed by atoms with E-state index in [-0.39, 0.29) is 18.6 Å². The number of carbonyl (C=O) groups is 1. The molecule has 2 aromatic carbocycles. The molecule has 0 radical (unpaired) electrons. The highest BCUT2D eigenvalue weighted by molar-refractivity contribution is 5.83. The van der Waals surface area contributed by atoms with Crippen LogP contribution in [0.25, 0.3) is 0 Å². The Labute approximate surface area is 158 Å². The number of hydrogen-bond acceptors (Lipinski definition) is 6. The van der Waals surface area contributed by atoms with Crippen molar-refractivity contribution < 1.29 is 23.7 Å². The molecule has 7 heteroatoms. The third kappa shape index (κ3) is 6.54. The maximum atomic E-state index is 11.8. The van der Waals surface area contributed by atoms with Crippen molar-refractivity contribution in [1.29, 1.82) is 0 Å². The summed E-state index contributed by atoms with van der Waals surface area (Å²) >= 11 is 0. The van der Waals surface area contributed by atoms with Gasteiger partial charge in [0, 0.05) is 0 Å². The lowest BCUT2D eigenvalue weighted by molar-refractivity contribution is -0.123. The molecule has 0 spiro atoms. The number of carbonyl (C=O) groups excluding carboxylic acids is 1. The van der Waals surface area contributed by atoms with Crippen LogP contribution in [0, 0.1) is 0 Å². The summed E-state index contributed by atoms with van der Waals surface area (Å²) < 4.78 is 21.4. The van der Waals surface area contributed by atoms with Gasteiger partial charge in [-0.3, -0.25) is 4.79 Å². The molecule has 0 saturated heterocycles. The Balaban J connectivity index is 1.85. The molecule has 0 fully saturated rings. The third-order valence-electron chi connectivity index (χ3n) is 3.38. The maximum Gasteiger partial charge on any atom is 0.277 e. The molecule has 0 heterocycles. The van der Waals surface area contributed by atoms with Crippen molar-refractivity contribution in [3.63, 3.8) is 0 Å². The van der Waals surface area contributed by atoms with Crippen molar-refractivity contribution in [2.24, 2.45) is 5.10 Å². The van der Waals surface area contributed by atoms with Gasteiger partial charge in [-0.15, -0.1) is 0 Å². The number of hydrazone groups is 1. The number of nitrogens with zero attached hydrogens (tertiary/aromatic N) is 1. The first kappa shape index (κ1) is 20.1. The summed E-state index contributed by atoms with van der Waals surface area (Å²) in [6.07, 6.45) is 1.57. The molecule has 0 aliphatic heterocycles. The van der Waals surface area contributed by atoms with Crippen LogP contribution in [0.4, 0.5) is 0 Å². The van der Waals surface area contributed by atoms with Crippen molar-refractivity contribution in [3.05, 3.63) is 48.0 Å². The van der Waals surface area contributed by atoms with Gasteiger partial charge in [0.25, 0.3) is 5.91 Å². The highest BCUT2D eigenvalue weighted by Gasteiger charge is 2.07. The van der Waals surface area contributed by atoms with Crippen LogP contribution in [-0.2, 0) is 4.79 Å². The Kier molecular flexibility index (Phi) is 7.49. The predicted octanol–water partition coefficient (Wildman–Crippen LogP) is 3.02. The largest absolute Gasteiger partial charge is 0.497 e. The van der Waals surface area contributed by atoms with Crippen LogP contribution in [-0.4, -0.2) is 39.1 Å². The van der Waals surface area contributed by atoms with Crippen molar-refractivity contribution >= 4 is 12.1 Å². The van der Waals surface area contributed by atoms with E-state index in [1.54, 1.807) is 50.6 Å². The van der Waals surface area contributed by atoms with Crippen molar-refractivity contribution in [2.45, 2.75) is 20.0 Å². The Morgan fingerprint density at radius 2 is 1.74 bits per heavy atom. The molecule has 1 amide bonds. The Morgan fingerprint density at radius 3 is 2.37 bits per heavy atom. The summed E-state index contributed by atoms with van der Waals surface area (Å²) in [7, 11) is 3.16. The molecular weight excluding hydrogens is 348 g/mol. The van der Waals surface area contributed by atoms with E-state index in [1.165, 1.54) is 6.21 Å². The second-order valence-corrected chi connectivity index (χ2v) is 5.83. The van der Waals surface area contributed by atoms with Crippen LogP contribution < -0.4 is 24.4 Å². The number of ether oxygens (including phenoxy) is 4. The third-order valence-corrected chi connectivity index (χ3v) is 3.38. The molecule has 0 atom stereocenters. The first-order valence-electron chi connectivity index (χ1n) is 8.45. The van der Waals surface area contributed by atoms with Gasteiger partial charge in [-0.05, 0) is 61.9 Å². The van der Waals surface area contributed by atoms with Gasteiger partial charge in [0.15, 0.2) is 18.1 Å². The summed E-state index contributed by atoms with van der Waals surface area (Å²) in [5.41, 5.74) is 3.18. The summed E-state index contributed by atoms with van der Waals surface area (Å²) in [5, 5.41) is 3.93. The lowest BCUT2D eigenvalue weighted by atomic mass is 10.2. The Bertz CT molecular complexity index is 772. The van der Waals surface area contributed by atoms with E-state index >= 15 is 0 Å². The number of nitrogens with one attached hydrogen (secondary N) is 1. The molecule has 144 valence electrons. The lowest BCUT2D eigenvalue weighted by Crippen LogP contribution is -2.24. The van der Waals surface area contributed by atoms with Crippen LogP contribution in [0.1, 0.15) is 19.4 Å². The van der Waals surface area contributed by atoms with E-state index in [0.717, 1.165) is 11.3 Å². The fourth-order valence-electron chi connectivity index (χ4n) is 2.15. The van der Waals surface area contributed by atoms with Gasteiger partial charge < -0.3 is 18.9 Å². The predicted molar refractivity (Wildman–Crippen MR) is 103 cm³/mol. The van der Waals surface area contributed by atoms with E-state index in [0.29, 0.717) is 17.2 Å². The van der Waals surface area contributed by atoms with Crippen LogP contribution in [0.5, 0.6) is 23.0 Å².